The topological polar surface area (TPSA) is 68.7 Å². The Balaban J connectivity index is 0.00000220. The van der Waals surface area contributed by atoms with Crippen LogP contribution in [-0.4, -0.2) is 40.2 Å². The molecule has 0 spiro atoms. The van der Waals surface area contributed by atoms with E-state index in [2.05, 4.69) is 15.4 Å². The fraction of sp³-hybridized carbons (Fsp3) is 0.250. The summed E-state index contributed by atoms with van der Waals surface area (Å²) in [6.45, 7) is 0. The van der Waals surface area contributed by atoms with E-state index in [1.54, 1.807) is 25.1 Å². The number of benzene rings is 1. The maximum absolute atomic E-state index is 7.94. The van der Waals surface area contributed by atoms with Crippen molar-refractivity contribution in [2.75, 3.05) is 14.1 Å². The minimum Gasteiger partial charge on any atom is -1.00 e. The Labute approximate surface area is 143 Å². The van der Waals surface area contributed by atoms with Crippen LogP contribution >= 0.6 is 35.0 Å². The van der Waals surface area contributed by atoms with Crippen LogP contribution < -0.4 is 12.4 Å². The van der Waals surface area contributed by atoms with Crippen LogP contribution in [0.3, 0.4) is 0 Å². The zero-order valence-electron chi connectivity index (χ0n) is 11.3. The number of thioether (sulfide) groups is 1. The van der Waals surface area contributed by atoms with Gasteiger partial charge in [-0.2, -0.15) is 10.3 Å². The molecule has 21 heavy (non-hydrogen) atoms. The van der Waals surface area contributed by atoms with Crippen LogP contribution in [0.15, 0.2) is 23.2 Å². The number of hydrogen-bond donors (Lipinski definition) is 2. The second kappa shape index (κ2) is 7.89. The standard InChI is InChI=1S/C12H13Cl2N5S.ClH/c1-19(2)11(15)10-12(17-18-16-10)20-6-7-3-4-8(13)9(14)5-7;/h3-5,15H,6H2,1-2H3,(H,16,17,18);1H/p-1. The van der Waals surface area contributed by atoms with E-state index in [0.29, 0.717) is 32.4 Å². The van der Waals surface area contributed by atoms with Crippen molar-refractivity contribution in [3.8, 4) is 0 Å². The van der Waals surface area contributed by atoms with Gasteiger partial charge < -0.3 is 17.3 Å². The van der Waals surface area contributed by atoms with Gasteiger partial charge >= 0.3 is 0 Å². The predicted octanol–water partition coefficient (Wildman–Crippen LogP) is 0.295. The molecule has 0 atom stereocenters. The Morgan fingerprint density at radius 1 is 1.29 bits per heavy atom. The first-order chi connectivity index (χ1) is 9.49. The van der Waals surface area contributed by atoms with Crippen LogP contribution in [0.4, 0.5) is 0 Å². The highest BCUT2D eigenvalue weighted by Crippen LogP contribution is 2.27. The lowest BCUT2D eigenvalue weighted by molar-refractivity contribution is -0.00000432. The normalized spacial score (nSPS) is 10.1. The van der Waals surface area contributed by atoms with Gasteiger partial charge in [0, 0.05) is 19.8 Å². The second-order valence-corrected chi connectivity index (χ2v) is 6.04. The SMILES string of the molecule is CN(C)C(=N)c1n[nH]nc1SCc1ccc(Cl)c(Cl)c1.[Cl-]. The Bertz CT molecular complexity index is 629. The number of amidine groups is 1. The smallest absolute Gasteiger partial charge is 0.161 e. The maximum Gasteiger partial charge on any atom is 0.161 e. The van der Waals surface area contributed by atoms with Crippen molar-refractivity contribution < 1.29 is 12.4 Å². The van der Waals surface area contributed by atoms with Crippen LogP contribution in [0.1, 0.15) is 11.3 Å². The summed E-state index contributed by atoms with van der Waals surface area (Å²) in [5.74, 6) is 0.993. The summed E-state index contributed by atoms with van der Waals surface area (Å²) in [5, 5.41) is 20.3. The first-order valence-electron chi connectivity index (χ1n) is 5.72. The summed E-state index contributed by atoms with van der Waals surface area (Å²) in [6, 6.07) is 5.51. The Morgan fingerprint density at radius 3 is 2.62 bits per heavy atom. The van der Waals surface area contributed by atoms with Gasteiger partial charge in [-0.25, -0.2) is 0 Å². The number of halogens is 3. The highest BCUT2D eigenvalue weighted by atomic mass is 35.5. The van der Waals surface area contributed by atoms with Gasteiger partial charge in [-0.3, -0.25) is 5.41 Å². The lowest BCUT2D eigenvalue weighted by Gasteiger charge is -2.11. The predicted molar refractivity (Wildman–Crippen MR) is 82.9 cm³/mol. The third-order valence-corrected chi connectivity index (χ3v) is 4.32. The summed E-state index contributed by atoms with van der Waals surface area (Å²) in [6.07, 6.45) is 0. The maximum atomic E-state index is 7.94. The van der Waals surface area contributed by atoms with Crippen LogP contribution in [0.5, 0.6) is 0 Å². The first-order valence-corrected chi connectivity index (χ1v) is 7.47. The summed E-state index contributed by atoms with van der Waals surface area (Å²) in [7, 11) is 3.59. The zero-order valence-corrected chi connectivity index (χ0v) is 14.4. The van der Waals surface area contributed by atoms with E-state index in [1.807, 2.05) is 12.1 Å². The lowest BCUT2D eigenvalue weighted by atomic mass is 10.2. The van der Waals surface area contributed by atoms with E-state index in [4.69, 9.17) is 28.6 Å². The minimum absolute atomic E-state index is 0. The van der Waals surface area contributed by atoms with Crippen molar-refractivity contribution in [2.24, 2.45) is 0 Å². The van der Waals surface area contributed by atoms with Crippen LogP contribution in [-0.2, 0) is 5.75 Å². The van der Waals surface area contributed by atoms with Gasteiger partial charge in [-0.1, -0.05) is 41.0 Å². The van der Waals surface area contributed by atoms with E-state index in [-0.39, 0.29) is 12.4 Å². The van der Waals surface area contributed by atoms with Crippen molar-refractivity contribution in [2.45, 2.75) is 10.8 Å². The first kappa shape index (κ1) is 18.1. The number of hydrogen-bond acceptors (Lipinski definition) is 4. The van der Waals surface area contributed by atoms with Gasteiger partial charge in [0.2, 0.25) is 0 Å². The van der Waals surface area contributed by atoms with Crippen LogP contribution in [0.25, 0.3) is 0 Å². The van der Waals surface area contributed by atoms with Gasteiger partial charge in [-0.05, 0) is 17.7 Å². The number of nitrogens with one attached hydrogen (secondary N) is 2. The molecular weight excluding hydrogens is 353 g/mol. The largest absolute Gasteiger partial charge is 1.00 e. The Morgan fingerprint density at radius 2 is 2.00 bits per heavy atom. The molecule has 114 valence electrons. The molecule has 0 aliphatic carbocycles. The summed E-state index contributed by atoms with van der Waals surface area (Å²) >= 11 is 13.4. The average molecular weight is 366 g/mol. The number of H-pyrrole nitrogens is 1. The molecule has 0 radical (unpaired) electrons. The molecule has 0 saturated carbocycles. The number of rotatable bonds is 4. The van der Waals surface area contributed by atoms with Crippen LogP contribution in [0, 0.1) is 5.41 Å². The minimum atomic E-state index is 0. The van der Waals surface area contributed by atoms with Crippen molar-refractivity contribution in [1.29, 1.82) is 5.41 Å². The molecule has 0 fully saturated rings. The molecule has 0 unspecified atom stereocenters. The van der Waals surface area contributed by atoms with Gasteiger partial charge in [0.05, 0.1) is 10.0 Å². The number of nitrogens with zero attached hydrogens (tertiary/aromatic N) is 3. The van der Waals surface area contributed by atoms with Gasteiger partial charge in [0.15, 0.2) is 11.5 Å². The van der Waals surface area contributed by atoms with Crippen molar-refractivity contribution in [3.05, 3.63) is 39.5 Å². The van der Waals surface area contributed by atoms with Crippen LogP contribution in [0.2, 0.25) is 10.0 Å². The van der Waals surface area contributed by atoms with Crippen molar-refractivity contribution in [1.82, 2.24) is 20.3 Å². The molecule has 0 aliphatic heterocycles. The molecule has 5 nitrogen and oxygen atoms in total. The van der Waals surface area contributed by atoms with E-state index >= 15 is 0 Å². The highest BCUT2D eigenvalue weighted by molar-refractivity contribution is 7.98. The molecule has 9 heteroatoms. The molecule has 0 saturated heterocycles. The summed E-state index contributed by atoms with van der Waals surface area (Å²) in [4.78, 5) is 1.68. The fourth-order valence-corrected chi connectivity index (χ4v) is 2.66. The molecular formula is C12H13Cl3N5S-. The van der Waals surface area contributed by atoms with Crippen molar-refractivity contribution >= 4 is 40.8 Å². The molecule has 1 aromatic heterocycles. The summed E-state index contributed by atoms with van der Waals surface area (Å²) in [5.41, 5.74) is 1.58. The third-order valence-electron chi connectivity index (χ3n) is 2.55. The molecule has 0 aliphatic rings. The quantitative estimate of drug-likeness (QED) is 0.464. The summed E-state index contributed by atoms with van der Waals surface area (Å²) < 4.78 is 0. The molecule has 2 aromatic rings. The van der Waals surface area contributed by atoms with Crippen molar-refractivity contribution in [3.63, 3.8) is 0 Å². The molecule has 0 amide bonds. The molecule has 1 aromatic carbocycles. The van der Waals surface area contributed by atoms with Gasteiger partial charge in [-0.15, -0.1) is 5.10 Å². The van der Waals surface area contributed by atoms with E-state index in [9.17, 15) is 0 Å². The van der Waals surface area contributed by atoms with Gasteiger partial charge in [0.1, 0.15) is 5.03 Å². The van der Waals surface area contributed by atoms with E-state index in [1.165, 1.54) is 11.8 Å². The second-order valence-electron chi connectivity index (χ2n) is 4.26. The molecule has 2 rings (SSSR count). The molecule has 0 bridgehead atoms. The molecule has 1 heterocycles. The fourth-order valence-electron chi connectivity index (χ4n) is 1.47. The lowest BCUT2D eigenvalue weighted by Crippen LogP contribution is -3.00. The third kappa shape index (κ3) is 4.51. The number of aromatic amines is 1. The molecule has 2 N–H and O–H groups in total. The monoisotopic (exact) mass is 364 g/mol. The zero-order chi connectivity index (χ0) is 14.7. The average Bonchev–Trinajstić information content (AvgIpc) is 2.87. The highest BCUT2D eigenvalue weighted by Gasteiger charge is 2.15. The Kier molecular flexibility index (Phi) is 6.80. The van der Waals surface area contributed by atoms with E-state index in [0.717, 1.165) is 5.56 Å². The number of aromatic nitrogens is 3. The van der Waals surface area contributed by atoms with E-state index < -0.39 is 0 Å². The van der Waals surface area contributed by atoms with Gasteiger partial charge in [0.25, 0.3) is 0 Å². The Hall–Kier alpha value is -0.950.